The Morgan fingerprint density at radius 3 is 2.44 bits per heavy atom. The molecular weight excluding hydrogens is 392 g/mol. The smallest absolute Gasteiger partial charge is 0.302 e. The van der Waals surface area contributed by atoms with E-state index in [0.29, 0.717) is 16.2 Å². The van der Waals surface area contributed by atoms with E-state index >= 15 is 0 Å². The van der Waals surface area contributed by atoms with Gasteiger partial charge in [-0.2, -0.15) is 0 Å². The molecule has 4 saturated carbocycles. The number of hydrogen-bond acceptors (Lipinski definition) is 2. The van der Waals surface area contributed by atoms with E-state index in [0.717, 1.165) is 36.5 Å². The Labute approximate surface area is 195 Å². The predicted octanol–water partition coefficient (Wildman–Crippen LogP) is 7.60. The molecule has 0 saturated heterocycles. The molecule has 0 radical (unpaired) electrons. The Balaban J connectivity index is 1.31. The molecule has 0 bridgehead atoms. The summed E-state index contributed by atoms with van der Waals surface area (Å²) in [6.45, 7) is 9.50. The van der Waals surface area contributed by atoms with Crippen LogP contribution in [0.2, 0.25) is 0 Å². The average Bonchev–Trinajstić information content (AvgIpc) is 3.04. The summed E-state index contributed by atoms with van der Waals surface area (Å²) in [6.07, 6.45) is 14.6. The first-order valence-corrected chi connectivity index (χ1v) is 13.5. The van der Waals surface area contributed by atoms with Gasteiger partial charge in [-0.05, 0) is 116 Å². The summed E-state index contributed by atoms with van der Waals surface area (Å²) < 4.78 is 5.66. The van der Waals surface area contributed by atoms with Crippen LogP contribution in [0.25, 0.3) is 0 Å². The van der Waals surface area contributed by atoms with Gasteiger partial charge in [-0.3, -0.25) is 4.79 Å². The zero-order chi connectivity index (χ0) is 22.6. The van der Waals surface area contributed by atoms with E-state index in [9.17, 15) is 4.79 Å². The number of carbonyl (C=O) groups excluding carboxylic acids is 1. The largest absolute Gasteiger partial charge is 0.463 e. The lowest BCUT2D eigenvalue weighted by Crippen LogP contribution is -2.55. The third-order valence-electron chi connectivity index (χ3n) is 11.5. The second-order valence-electron chi connectivity index (χ2n) is 12.7. The molecule has 2 heteroatoms. The first-order chi connectivity index (χ1) is 15.3. The van der Waals surface area contributed by atoms with Gasteiger partial charge in [0.05, 0.1) is 0 Å². The molecule has 8 atom stereocenters. The van der Waals surface area contributed by atoms with Crippen molar-refractivity contribution in [2.24, 2.45) is 39.9 Å². The van der Waals surface area contributed by atoms with Crippen molar-refractivity contribution in [3.8, 4) is 0 Å². The molecule has 5 rings (SSSR count). The molecule has 0 aliphatic heterocycles. The summed E-state index contributed by atoms with van der Waals surface area (Å²) >= 11 is 0. The Morgan fingerprint density at radius 1 is 0.938 bits per heavy atom. The first kappa shape index (κ1) is 22.5. The highest BCUT2D eigenvalue weighted by molar-refractivity contribution is 5.66. The van der Waals surface area contributed by atoms with Crippen molar-refractivity contribution in [1.82, 2.24) is 0 Å². The SMILES string of the molecule is CC(=O)O[C@@H]1CC[C@@]2(C)[C@@H](CC[C@H]3[C@H]2CC[C@@]2(C)[C@@H]3CC[C@]2(C)CCc2ccccc2)C1. The highest BCUT2D eigenvalue weighted by atomic mass is 16.5. The van der Waals surface area contributed by atoms with Crippen molar-refractivity contribution < 1.29 is 9.53 Å². The molecular formula is C30H44O2. The number of carbonyl (C=O) groups is 1. The molecule has 0 aromatic heterocycles. The fraction of sp³-hybridized carbons (Fsp3) is 0.767. The van der Waals surface area contributed by atoms with Gasteiger partial charge in [-0.15, -0.1) is 0 Å². The highest BCUT2D eigenvalue weighted by Crippen LogP contribution is 2.71. The van der Waals surface area contributed by atoms with Gasteiger partial charge in [-0.1, -0.05) is 51.1 Å². The molecule has 1 aromatic rings. The molecule has 0 heterocycles. The van der Waals surface area contributed by atoms with Crippen molar-refractivity contribution >= 4 is 5.97 Å². The van der Waals surface area contributed by atoms with Crippen LogP contribution in [0.4, 0.5) is 0 Å². The number of rotatable bonds is 4. The second-order valence-corrected chi connectivity index (χ2v) is 12.7. The monoisotopic (exact) mass is 436 g/mol. The van der Waals surface area contributed by atoms with Crippen LogP contribution in [0.5, 0.6) is 0 Å². The van der Waals surface area contributed by atoms with Crippen molar-refractivity contribution in [3.63, 3.8) is 0 Å². The second kappa shape index (κ2) is 8.17. The normalized spacial score (nSPS) is 45.4. The first-order valence-electron chi connectivity index (χ1n) is 13.5. The number of ether oxygens (including phenoxy) is 1. The molecule has 0 N–H and O–H groups in total. The molecule has 4 fully saturated rings. The Hall–Kier alpha value is -1.31. The number of hydrogen-bond donors (Lipinski definition) is 0. The Bertz CT molecular complexity index is 832. The van der Waals surface area contributed by atoms with Crippen LogP contribution in [0.1, 0.15) is 97.5 Å². The molecule has 2 nitrogen and oxygen atoms in total. The third kappa shape index (κ3) is 3.55. The van der Waals surface area contributed by atoms with E-state index in [1.807, 2.05) is 0 Å². The van der Waals surface area contributed by atoms with E-state index in [4.69, 9.17) is 4.74 Å². The van der Waals surface area contributed by atoms with Crippen molar-refractivity contribution in [2.45, 2.75) is 104 Å². The number of fused-ring (bicyclic) bond motifs is 5. The van der Waals surface area contributed by atoms with Crippen LogP contribution >= 0.6 is 0 Å². The molecule has 176 valence electrons. The van der Waals surface area contributed by atoms with E-state index in [1.54, 1.807) is 6.92 Å². The van der Waals surface area contributed by atoms with Gasteiger partial charge in [0.2, 0.25) is 0 Å². The van der Waals surface area contributed by atoms with Crippen LogP contribution in [0, 0.1) is 39.9 Å². The van der Waals surface area contributed by atoms with Gasteiger partial charge in [-0.25, -0.2) is 0 Å². The lowest BCUT2D eigenvalue weighted by molar-refractivity contribution is -0.162. The minimum absolute atomic E-state index is 0.0959. The van der Waals surface area contributed by atoms with Crippen LogP contribution in [-0.2, 0) is 16.0 Å². The van der Waals surface area contributed by atoms with Crippen molar-refractivity contribution in [1.29, 1.82) is 0 Å². The molecule has 0 amide bonds. The lowest BCUT2D eigenvalue weighted by Gasteiger charge is -2.62. The van der Waals surface area contributed by atoms with Gasteiger partial charge in [0.25, 0.3) is 0 Å². The van der Waals surface area contributed by atoms with Crippen LogP contribution in [-0.4, -0.2) is 12.1 Å². The van der Waals surface area contributed by atoms with Crippen molar-refractivity contribution in [3.05, 3.63) is 35.9 Å². The van der Waals surface area contributed by atoms with Crippen LogP contribution in [0.15, 0.2) is 30.3 Å². The van der Waals surface area contributed by atoms with Crippen molar-refractivity contribution in [2.75, 3.05) is 0 Å². The zero-order valence-corrected chi connectivity index (χ0v) is 20.9. The molecule has 4 aliphatic rings. The van der Waals surface area contributed by atoms with E-state index in [1.165, 1.54) is 63.4 Å². The average molecular weight is 437 g/mol. The number of esters is 1. The fourth-order valence-corrected chi connectivity index (χ4v) is 9.40. The molecule has 0 unspecified atom stereocenters. The maximum absolute atomic E-state index is 11.5. The van der Waals surface area contributed by atoms with Gasteiger partial charge in [0.1, 0.15) is 6.10 Å². The minimum atomic E-state index is -0.0959. The molecule has 4 aliphatic carbocycles. The van der Waals surface area contributed by atoms with Gasteiger partial charge in [0.15, 0.2) is 0 Å². The Kier molecular flexibility index (Phi) is 5.74. The van der Waals surface area contributed by atoms with Crippen LogP contribution < -0.4 is 0 Å². The van der Waals surface area contributed by atoms with E-state index < -0.39 is 0 Å². The topological polar surface area (TPSA) is 26.3 Å². The maximum Gasteiger partial charge on any atom is 0.302 e. The highest BCUT2D eigenvalue weighted by Gasteiger charge is 2.63. The van der Waals surface area contributed by atoms with Crippen LogP contribution in [0.3, 0.4) is 0 Å². The predicted molar refractivity (Wildman–Crippen MR) is 130 cm³/mol. The summed E-state index contributed by atoms with van der Waals surface area (Å²) in [5.41, 5.74) is 2.95. The third-order valence-corrected chi connectivity index (χ3v) is 11.5. The van der Waals surface area contributed by atoms with E-state index in [2.05, 4.69) is 51.1 Å². The molecule has 32 heavy (non-hydrogen) atoms. The zero-order valence-electron chi connectivity index (χ0n) is 20.9. The standard InChI is InChI=1S/C30H44O2/c1-21(31)32-24-13-18-29(3)23(20-24)10-11-25-26(29)15-19-30(4)27(25)14-17-28(30,2)16-12-22-8-6-5-7-9-22/h5-9,23-27H,10-20H2,1-4H3/t23-,24+,25-,26+,27+,28-,29-,30-/m0/s1. The summed E-state index contributed by atoms with van der Waals surface area (Å²) in [7, 11) is 0. The minimum Gasteiger partial charge on any atom is -0.463 e. The summed E-state index contributed by atoms with van der Waals surface area (Å²) in [4.78, 5) is 11.5. The Morgan fingerprint density at radius 2 is 1.69 bits per heavy atom. The summed E-state index contributed by atoms with van der Waals surface area (Å²) in [5.74, 6) is 3.36. The number of benzene rings is 1. The molecule has 0 spiro atoms. The quantitative estimate of drug-likeness (QED) is 0.454. The lowest BCUT2D eigenvalue weighted by atomic mass is 9.43. The maximum atomic E-state index is 11.5. The fourth-order valence-electron chi connectivity index (χ4n) is 9.40. The van der Waals surface area contributed by atoms with Gasteiger partial charge in [0, 0.05) is 6.92 Å². The van der Waals surface area contributed by atoms with E-state index in [-0.39, 0.29) is 12.1 Å². The summed E-state index contributed by atoms with van der Waals surface area (Å²) in [6, 6.07) is 11.1. The van der Waals surface area contributed by atoms with Gasteiger partial charge < -0.3 is 4.74 Å². The molecule has 1 aromatic carbocycles. The van der Waals surface area contributed by atoms with Gasteiger partial charge >= 0.3 is 5.97 Å². The number of aryl methyl sites for hydroxylation is 1. The summed E-state index contributed by atoms with van der Waals surface area (Å²) in [5, 5.41) is 0.